The van der Waals surface area contributed by atoms with Crippen LogP contribution in [-0.2, 0) is 9.53 Å². The zero-order valence-corrected chi connectivity index (χ0v) is 8.80. The van der Waals surface area contributed by atoms with Crippen LogP contribution in [0.15, 0.2) is 0 Å². The summed E-state index contributed by atoms with van der Waals surface area (Å²) < 4.78 is 39.1. The van der Waals surface area contributed by atoms with Gasteiger partial charge in [0.25, 0.3) is 0 Å². The third-order valence-electron chi connectivity index (χ3n) is 3.13. The van der Waals surface area contributed by atoms with Crippen molar-refractivity contribution in [1.29, 1.82) is 0 Å². The summed E-state index contributed by atoms with van der Waals surface area (Å²) in [4.78, 5) is 11.3. The molecule has 1 aliphatic carbocycles. The molecule has 0 aromatic carbocycles. The summed E-state index contributed by atoms with van der Waals surface area (Å²) in [5, 5.41) is 0. The molecule has 0 spiro atoms. The fourth-order valence-corrected chi connectivity index (χ4v) is 2.37. The first-order chi connectivity index (χ1) is 6.85. The molecular weight excluding hydrogens is 209 g/mol. The zero-order chi connectivity index (χ0) is 11.6. The number of hydrogen-bond donors (Lipinski definition) is 0. The fraction of sp³-hybridized carbons (Fsp3) is 0.900. The Balaban J connectivity index is 2.64. The molecule has 1 saturated carbocycles. The molecule has 5 heteroatoms. The number of alkyl halides is 3. The number of ether oxygens (including phenoxy) is 1. The number of halogens is 3. The first-order valence-corrected chi connectivity index (χ1v) is 5.14. The first kappa shape index (κ1) is 12.3. The van der Waals surface area contributed by atoms with Crippen LogP contribution < -0.4 is 0 Å². The molecule has 0 N–H and O–H groups in total. The number of carbonyl (C=O) groups is 1. The van der Waals surface area contributed by atoms with E-state index in [2.05, 4.69) is 4.74 Å². The summed E-state index contributed by atoms with van der Waals surface area (Å²) in [5.41, 5.74) is 0. The Morgan fingerprint density at radius 2 is 2.00 bits per heavy atom. The molecule has 3 unspecified atom stereocenters. The molecule has 88 valence electrons. The van der Waals surface area contributed by atoms with Crippen LogP contribution in [-0.4, -0.2) is 12.3 Å². The average molecular weight is 224 g/mol. The Morgan fingerprint density at radius 1 is 1.40 bits per heavy atom. The Hall–Kier alpha value is -0.740. The smallest absolute Gasteiger partial charge is 0.373 e. The minimum Gasteiger partial charge on any atom is -0.373 e. The van der Waals surface area contributed by atoms with Crippen LogP contribution in [0, 0.1) is 17.8 Å². The van der Waals surface area contributed by atoms with E-state index in [0.717, 1.165) is 19.3 Å². The van der Waals surface area contributed by atoms with Gasteiger partial charge >= 0.3 is 12.3 Å². The van der Waals surface area contributed by atoms with Gasteiger partial charge in [0.15, 0.2) is 0 Å². The molecule has 0 amide bonds. The van der Waals surface area contributed by atoms with E-state index in [4.69, 9.17) is 0 Å². The lowest BCUT2D eigenvalue weighted by Crippen LogP contribution is -2.30. The van der Waals surface area contributed by atoms with Crippen LogP contribution in [0.5, 0.6) is 0 Å². The lowest BCUT2D eigenvalue weighted by molar-refractivity contribution is -0.308. The second-order valence-corrected chi connectivity index (χ2v) is 4.12. The highest BCUT2D eigenvalue weighted by Gasteiger charge is 2.43. The van der Waals surface area contributed by atoms with Crippen LogP contribution in [0.1, 0.15) is 33.1 Å². The van der Waals surface area contributed by atoms with E-state index in [9.17, 15) is 18.0 Å². The molecular formula is C10H15F3O2. The molecule has 0 heterocycles. The molecule has 0 aromatic rings. The Labute approximate surface area is 86.8 Å². The fourth-order valence-electron chi connectivity index (χ4n) is 2.37. The molecule has 3 atom stereocenters. The minimum absolute atomic E-state index is 0.00944. The molecule has 0 aromatic heterocycles. The summed E-state index contributed by atoms with van der Waals surface area (Å²) >= 11 is 0. The van der Waals surface area contributed by atoms with Crippen molar-refractivity contribution < 1.29 is 22.7 Å². The van der Waals surface area contributed by atoms with Gasteiger partial charge in [-0.1, -0.05) is 20.3 Å². The summed E-state index contributed by atoms with van der Waals surface area (Å²) in [5.74, 6) is -1.67. The van der Waals surface area contributed by atoms with Crippen molar-refractivity contribution in [3.05, 3.63) is 0 Å². The topological polar surface area (TPSA) is 26.3 Å². The monoisotopic (exact) mass is 224 g/mol. The largest absolute Gasteiger partial charge is 0.575 e. The highest BCUT2D eigenvalue weighted by molar-refractivity contribution is 5.73. The molecule has 0 radical (unpaired) electrons. The van der Waals surface area contributed by atoms with Crippen LogP contribution >= 0.6 is 0 Å². The molecule has 1 rings (SSSR count). The first-order valence-electron chi connectivity index (χ1n) is 5.14. The van der Waals surface area contributed by atoms with Crippen LogP contribution in [0.2, 0.25) is 0 Å². The van der Waals surface area contributed by atoms with Crippen molar-refractivity contribution in [2.75, 3.05) is 0 Å². The molecule has 0 saturated heterocycles. The number of rotatable bonds is 2. The number of hydrogen-bond acceptors (Lipinski definition) is 2. The van der Waals surface area contributed by atoms with Crippen LogP contribution in [0.3, 0.4) is 0 Å². The summed E-state index contributed by atoms with van der Waals surface area (Å²) in [6, 6.07) is 0. The van der Waals surface area contributed by atoms with Gasteiger partial charge in [0.05, 0.1) is 5.92 Å². The van der Waals surface area contributed by atoms with E-state index in [0.29, 0.717) is 0 Å². The minimum atomic E-state index is -4.85. The van der Waals surface area contributed by atoms with Crippen molar-refractivity contribution in [2.45, 2.75) is 39.5 Å². The number of carbonyl (C=O) groups excluding carboxylic acids is 1. The van der Waals surface area contributed by atoms with Gasteiger partial charge in [-0.15, -0.1) is 13.2 Å². The molecule has 2 nitrogen and oxygen atoms in total. The van der Waals surface area contributed by atoms with Gasteiger partial charge < -0.3 is 4.74 Å². The van der Waals surface area contributed by atoms with Gasteiger partial charge in [-0.25, -0.2) is 0 Å². The highest BCUT2D eigenvalue weighted by atomic mass is 19.4. The van der Waals surface area contributed by atoms with Crippen molar-refractivity contribution >= 4 is 5.97 Å². The van der Waals surface area contributed by atoms with Gasteiger partial charge in [0, 0.05) is 0 Å². The molecule has 0 aliphatic heterocycles. The predicted molar refractivity (Wildman–Crippen MR) is 47.8 cm³/mol. The van der Waals surface area contributed by atoms with Gasteiger partial charge in [-0.05, 0) is 24.7 Å². The number of esters is 1. The maximum absolute atomic E-state index is 11.9. The highest BCUT2D eigenvalue weighted by Crippen LogP contribution is 2.40. The van der Waals surface area contributed by atoms with Gasteiger partial charge in [0.1, 0.15) is 0 Å². The second kappa shape index (κ2) is 4.41. The van der Waals surface area contributed by atoms with E-state index >= 15 is 0 Å². The van der Waals surface area contributed by atoms with Crippen LogP contribution in [0.4, 0.5) is 13.2 Å². The summed E-state index contributed by atoms with van der Waals surface area (Å²) in [7, 11) is 0. The Morgan fingerprint density at radius 3 is 2.47 bits per heavy atom. The van der Waals surface area contributed by atoms with E-state index in [1.165, 1.54) is 0 Å². The SMILES string of the molecule is CCC1CCC(C)C1C(=O)OC(F)(F)F. The third kappa shape index (κ3) is 3.11. The lowest BCUT2D eigenvalue weighted by Gasteiger charge is -2.20. The Bertz CT molecular complexity index is 237. The molecule has 1 aliphatic rings. The lowest BCUT2D eigenvalue weighted by atomic mass is 9.89. The van der Waals surface area contributed by atoms with Crippen LogP contribution in [0.25, 0.3) is 0 Å². The second-order valence-electron chi connectivity index (χ2n) is 4.12. The van der Waals surface area contributed by atoms with Crippen molar-refractivity contribution in [3.63, 3.8) is 0 Å². The van der Waals surface area contributed by atoms with Gasteiger partial charge in [-0.3, -0.25) is 4.79 Å². The van der Waals surface area contributed by atoms with Crippen molar-refractivity contribution in [3.8, 4) is 0 Å². The van der Waals surface area contributed by atoms with Crippen molar-refractivity contribution in [2.24, 2.45) is 17.8 Å². The quantitative estimate of drug-likeness (QED) is 0.673. The third-order valence-corrected chi connectivity index (χ3v) is 3.13. The maximum atomic E-state index is 11.9. The zero-order valence-electron chi connectivity index (χ0n) is 8.80. The van der Waals surface area contributed by atoms with Crippen molar-refractivity contribution in [1.82, 2.24) is 0 Å². The Kier molecular flexibility index (Phi) is 3.62. The summed E-state index contributed by atoms with van der Waals surface area (Å²) in [6.45, 7) is 3.69. The molecule has 1 fully saturated rings. The molecule has 15 heavy (non-hydrogen) atoms. The normalized spacial score (nSPS) is 31.7. The maximum Gasteiger partial charge on any atom is 0.575 e. The van der Waals surface area contributed by atoms with E-state index in [-0.39, 0.29) is 11.8 Å². The van der Waals surface area contributed by atoms with Gasteiger partial charge in [-0.2, -0.15) is 0 Å². The average Bonchev–Trinajstić information content (AvgIpc) is 2.43. The van der Waals surface area contributed by atoms with E-state index in [1.807, 2.05) is 6.92 Å². The van der Waals surface area contributed by atoms with E-state index < -0.39 is 18.2 Å². The predicted octanol–water partition coefficient (Wildman–Crippen LogP) is 3.12. The van der Waals surface area contributed by atoms with E-state index in [1.54, 1.807) is 6.92 Å². The summed E-state index contributed by atoms with van der Waals surface area (Å²) in [6.07, 6.45) is -2.51. The standard InChI is InChI=1S/C10H15F3O2/c1-3-7-5-4-6(2)8(7)9(14)15-10(11,12)13/h6-8H,3-5H2,1-2H3. The van der Waals surface area contributed by atoms with Gasteiger partial charge in [0.2, 0.25) is 0 Å². The molecule has 0 bridgehead atoms.